The SMILES string of the molecule is CCC1(OC=O)CC2CC1C1C3CCC(C3)C21. The monoisotopic (exact) mass is 234 g/mol. The van der Waals surface area contributed by atoms with Crippen molar-refractivity contribution < 1.29 is 9.53 Å². The molecule has 4 fully saturated rings. The highest BCUT2D eigenvalue weighted by Gasteiger charge is 2.67. The maximum atomic E-state index is 10.8. The molecule has 0 aromatic rings. The minimum atomic E-state index is -0.0714. The number of carbonyl (C=O) groups is 1. The lowest BCUT2D eigenvalue weighted by Gasteiger charge is -2.44. The molecule has 0 radical (unpaired) electrons. The molecule has 4 rings (SSSR count). The van der Waals surface area contributed by atoms with Gasteiger partial charge in [0.2, 0.25) is 0 Å². The van der Waals surface area contributed by atoms with Crippen LogP contribution in [0, 0.1) is 35.5 Å². The summed E-state index contributed by atoms with van der Waals surface area (Å²) in [5, 5.41) is 0. The van der Waals surface area contributed by atoms with Gasteiger partial charge in [0, 0.05) is 5.92 Å². The fourth-order valence-corrected chi connectivity index (χ4v) is 6.42. The van der Waals surface area contributed by atoms with E-state index in [2.05, 4.69) is 6.92 Å². The molecule has 17 heavy (non-hydrogen) atoms. The van der Waals surface area contributed by atoms with Crippen LogP contribution in [0.2, 0.25) is 0 Å². The summed E-state index contributed by atoms with van der Waals surface area (Å²) >= 11 is 0. The van der Waals surface area contributed by atoms with E-state index in [1.54, 1.807) is 0 Å². The summed E-state index contributed by atoms with van der Waals surface area (Å²) in [6.45, 7) is 2.92. The van der Waals surface area contributed by atoms with Crippen molar-refractivity contribution in [1.82, 2.24) is 0 Å². The van der Waals surface area contributed by atoms with E-state index < -0.39 is 0 Å². The average Bonchev–Trinajstić information content (AvgIpc) is 3.06. The normalized spacial score (nSPS) is 58.4. The average molecular weight is 234 g/mol. The Morgan fingerprint density at radius 3 is 2.65 bits per heavy atom. The zero-order valence-electron chi connectivity index (χ0n) is 10.6. The van der Waals surface area contributed by atoms with Gasteiger partial charge in [-0.25, -0.2) is 0 Å². The van der Waals surface area contributed by atoms with Crippen LogP contribution in [0.5, 0.6) is 0 Å². The Morgan fingerprint density at radius 1 is 1.18 bits per heavy atom. The minimum Gasteiger partial charge on any atom is -0.461 e. The summed E-state index contributed by atoms with van der Waals surface area (Å²) in [6.07, 6.45) is 7.97. The minimum absolute atomic E-state index is 0.0714. The number of carbonyl (C=O) groups excluding carboxylic acids is 1. The van der Waals surface area contributed by atoms with Gasteiger partial charge in [0.05, 0.1) is 0 Å². The van der Waals surface area contributed by atoms with Gasteiger partial charge in [0.15, 0.2) is 0 Å². The van der Waals surface area contributed by atoms with Gasteiger partial charge in [0.1, 0.15) is 5.60 Å². The van der Waals surface area contributed by atoms with E-state index in [0.29, 0.717) is 12.4 Å². The number of hydrogen-bond donors (Lipinski definition) is 0. The molecule has 4 aliphatic carbocycles. The standard InChI is InChI=1S/C15H22O2/c1-2-15(17-8-16)7-11-6-12(15)14-10-4-3-9(5-10)13(11)14/h8-14H,2-7H2,1H3. The van der Waals surface area contributed by atoms with Gasteiger partial charge in [-0.2, -0.15) is 0 Å². The first-order valence-corrected chi connectivity index (χ1v) is 7.40. The van der Waals surface area contributed by atoms with Crippen LogP contribution in [0.25, 0.3) is 0 Å². The number of rotatable bonds is 3. The van der Waals surface area contributed by atoms with Gasteiger partial charge in [0.25, 0.3) is 6.47 Å². The topological polar surface area (TPSA) is 26.3 Å². The van der Waals surface area contributed by atoms with Gasteiger partial charge in [-0.05, 0) is 68.1 Å². The van der Waals surface area contributed by atoms with E-state index in [9.17, 15) is 4.79 Å². The molecule has 0 aromatic carbocycles. The molecule has 94 valence electrons. The molecule has 4 saturated carbocycles. The van der Waals surface area contributed by atoms with Gasteiger partial charge < -0.3 is 4.74 Å². The predicted molar refractivity (Wildman–Crippen MR) is 64.2 cm³/mol. The van der Waals surface area contributed by atoms with Crippen molar-refractivity contribution in [2.45, 2.75) is 51.0 Å². The lowest BCUT2D eigenvalue weighted by molar-refractivity contribution is -0.156. The lowest BCUT2D eigenvalue weighted by Crippen LogP contribution is -2.46. The van der Waals surface area contributed by atoms with Crippen LogP contribution >= 0.6 is 0 Å². The third-order valence-corrected chi connectivity index (χ3v) is 6.78. The molecule has 4 bridgehead atoms. The highest BCUT2D eigenvalue weighted by atomic mass is 16.5. The first-order valence-electron chi connectivity index (χ1n) is 7.40. The Hall–Kier alpha value is -0.530. The Labute approximate surface area is 103 Å². The van der Waals surface area contributed by atoms with Crippen LogP contribution in [0.3, 0.4) is 0 Å². The number of hydrogen-bond acceptors (Lipinski definition) is 2. The van der Waals surface area contributed by atoms with Crippen molar-refractivity contribution in [3.05, 3.63) is 0 Å². The summed E-state index contributed by atoms with van der Waals surface area (Å²) in [5.74, 6) is 5.50. The molecular weight excluding hydrogens is 212 g/mol. The van der Waals surface area contributed by atoms with Crippen molar-refractivity contribution >= 4 is 6.47 Å². The molecule has 7 unspecified atom stereocenters. The van der Waals surface area contributed by atoms with Crippen molar-refractivity contribution in [3.63, 3.8) is 0 Å². The molecule has 0 amide bonds. The van der Waals surface area contributed by atoms with Gasteiger partial charge in [-0.3, -0.25) is 4.79 Å². The van der Waals surface area contributed by atoms with E-state index in [-0.39, 0.29) is 5.60 Å². The van der Waals surface area contributed by atoms with Crippen molar-refractivity contribution in [2.75, 3.05) is 0 Å². The van der Waals surface area contributed by atoms with Crippen LogP contribution in [0.15, 0.2) is 0 Å². The highest BCUT2D eigenvalue weighted by Crippen LogP contribution is 2.70. The maximum absolute atomic E-state index is 10.8. The van der Waals surface area contributed by atoms with Crippen LogP contribution < -0.4 is 0 Å². The van der Waals surface area contributed by atoms with Crippen LogP contribution in [-0.2, 0) is 9.53 Å². The first-order chi connectivity index (χ1) is 8.29. The molecular formula is C15H22O2. The molecule has 0 aliphatic heterocycles. The third kappa shape index (κ3) is 1.10. The number of ether oxygens (including phenoxy) is 1. The molecule has 0 heterocycles. The molecule has 0 saturated heterocycles. The summed E-state index contributed by atoms with van der Waals surface area (Å²) in [4.78, 5) is 10.8. The van der Waals surface area contributed by atoms with Crippen LogP contribution in [-0.4, -0.2) is 12.1 Å². The fraction of sp³-hybridized carbons (Fsp3) is 0.933. The Balaban J connectivity index is 1.68. The second-order valence-corrected chi connectivity index (χ2v) is 6.93. The van der Waals surface area contributed by atoms with Crippen molar-refractivity contribution in [2.24, 2.45) is 35.5 Å². The molecule has 2 heteroatoms. The molecule has 4 aliphatic rings. The van der Waals surface area contributed by atoms with Crippen LogP contribution in [0.4, 0.5) is 0 Å². The summed E-state index contributed by atoms with van der Waals surface area (Å²) in [7, 11) is 0. The Morgan fingerprint density at radius 2 is 1.94 bits per heavy atom. The van der Waals surface area contributed by atoms with Gasteiger partial charge in [-0.1, -0.05) is 6.92 Å². The van der Waals surface area contributed by atoms with E-state index in [1.165, 1.54) is 25.7 Å². The quantitative estimate of drug-likeness (QED) is 0.554. The first kappa shape index (κ1) is 10.4. The number of fused-ring (bicyclic) bond motifs is 9. The second kappa shape index (κ2) is 3.27. The maximum Gasteiger partial charge on any atom is 0.293 e. The van der Waals surface area contributed by atoms with E-state index in [4.69, 9.17) is 4.74 Å². The summed E-state index contributed by atoms with van der Waals surface area (Å²) < 4.78 is 5.61. The van der Waals surface area contributed by atoms with Crippen molar-refractivity contribution in [3.8, 4) is 0 Å². The smallest absolute Gasteiger partial charge is 0.293 e. The Bertz CT molecular complexity index is 353. The summed E-state index contributed by atoms with van der Waals surface area (Å²) in [5.41, 5.74) is -0.0714. The van der Waals surface area contributed by atoms with Crippen molar-refractivity contribution in [1.29, 1.82) is 0 Å². The Kier molecular flexibility index (Phi) is 2.00. The summed E-state index contributed by atoms with van der Waals surface area (Å²) in [6, 6.07) is 0. The largest absolute Gasteiger partial charge is 0.461 e. The van der Waals surface area contributed by atoms with Gasteiger partial charge in [-0.15, -0.1) is 0 Å². The molecule has 2 nitrogen and oxygen atoms in total. The second-order valence-electron chi connectivity index (χ2n) is 6.93. The van der Waals surface area contributed by atoms with E-state index in [0.717, 1.165) is 42.4 Å². The zero-order chi connectivity index (χ0) is 11.6. The lowest BCUT2D eigenvalue weighted by atomic mass is 9.65. The van der Waals surface area contributed by atoms with Gasteiger partial charge >= 0.3 is 0 Å². The molecule has 7 atom stereocenters. The molecule has 0 N–H and O–H groups in total. The van der Waals surface area contributed by atoms with E-state index in [1.807, 2.05) is 0 Å². The van der Waals surface area contributed by atoms with E-state index >= 15 is 0 Å². The van der Waals surface area contributed by atoms with Crippen LogP contribution in [0.1, 0.15) is 45.4 Å². The third-order valence-electron chi connectivity index (χ3n) is 6.78. The fourth-order valence-electron chi connectivity index (χ4n) is 6.42. The predicted octanol–water partition coefficient (Wildman–Crippen LogP) is 3.01. The highest BCUT2D eigenvalue weighted by molar-refractivity contribution is 5.39. The zero-order valence-corrected chi connectivity index (χ0v) is 10.6. The molecule has 0 spiro atoms. The molecule has 0 aromatic heterocycles.